The number of amides is 1. The van der Waals surface area contributed by atoms with E-state index < -0.39 is 12.6 Å². The Labute approximate surface area is 111 Å². The average Bonchev–Trinajstić information content (AvgIpc) is 2.34. The van der Waals surface area contributed by atoms with Gasteiger partial charge in [-0.25, -0.2) is 4.79 Å². The molecule has 0 saturated heterocycles. The third-order valence-electron chi connectivity index (χ3n) is 2.41. The highest BCUT2D eigenvalue weighted by Crippen LogP contribution is 2.24. The standard InChI is InChI=1S/C14H15NO4/c1-4-5-15-14(18)11-6-9(2)13(10(3)7-11)19-8-12(16)17/h1,6-7H,5,8H2,2-3H3,(H,15,18)(H,16,17). The van der Waals surface area contributed by atoms with Crippen molar-refractivity contribution in [2.24, 2.45) is 0 Å². The number of carbonyl (C=O) groups excluding carboxylic acids is 1. The molecule has 1 aromatic rings. The van der Waals surface area contributed by atoms with Crippen LogP contribution in [-0.4, -0.2) is 30.1 Å². The monoisotopic (exact) mass is 261 g/mol. The van der Waals surface area contributed by atoms with E-state index in [0.717, 1.165) is 0 Å². The van der Waals surface area contributed by atoms with Crippen LogP contribution >= 0.6 is 0 Å². The van der Waals surface area contributed by atoms with Crippen LogP contribution in [0.3, 0.4) is 0 Å². The van der Waals surface area contributed by atoms with Gasteiger partial charge in [-0.1, -0.05) is 5.92 Å². The summed E-state index contributed by atoms with van der Waals surface area (Å²) in [6.07, 6.45) is 5.07. The van der Waals surface area contributed by atoms with E-state index in [0.29, 0.717) is 22.4 Å². The van der Waals surface area contributed by atoms with Gasteiger partial charge in [-0.3, -0.25) is 4.79 Å². The number of carboxylic acids is 1. The molecular weight excluding hydrogens is 246 g/mol. The molecule has 1 amide bonds. The van der Waals surface area contributed by atoms with E-state index in [1.165, 1.54) is 0 Å². The minimum absolute atomic E-state index is 0.161. The quantitative estimate of drug-likeness (QED) is 0.779. The number of aryl methyl sites for hydroxylation is 2. The number of benzene rings is 1. The van der Waals surface area contributed by atoms with Crippen molar-refractivity contribution in [1.82, 2.24) is 5.32 Å². The maximum atomic E-state index is 11.7. The summed E-state index contributed by atoms with van der Waals surface area (Å²) in [6.45, 7) is 3.25. The molecule has 2 N–H and O–H groups in total. The fraction of sp³-hybridized carbons (Fsp3) is 0.286. The Bertz CT molecular complexity index is 520. The van der Waals surface area contributed by atoms with Crippen LogP contribution in [0, 0.1) is 26.2 Å². The number of aliphatic carboxylic acids is 1. The first-order valence-electron chi connectivity index (χ1n) is 5.63. The molecular formula is C14H15NO4. The van der Waals surface area contributed by atoms with Crippen molar-refractivity contribution in [3.05, 3.63) is 28.8 Å². The van der Waals surface area contributed by atoms with Crippen molar-refractivity contribution in [3.63, 3.8) is 0 Å². The van der Waals surface area contributed by atoms with Crippen molar-refractivity contribution < 1.29 is 19.4 Å². The van der Waals surface area contributed by atoms with Crippen LogP contribution in [0.5, 0.6) is 5.75 Å². The van der Waals surface area contributed by atoms with Gasteiger partial charge in [-0.2, -0.15) is 0 Å². The normalized spacial score (nSPS) is 9.53. The Kier molecular flexibility index (Phi) is 4.95. The van der Waals surface area contributed by atoms with Crippen LogP contribution in [0.4, 0.5) is 0 Å². The lowest BCUT2D eigenvalue weighted by Gasteiger charge is -2.12. The fourth-order valence-corrected chi connectivity index (χ4v) is 1.68. The van der Waals surface area contributed by atoms with Crippen LogP contribution in [0.25, 0.3) is 0 Å². The zero-order chi connectivity index (χ0) is 14.4. The van der Waals surface area contributed by atoms with Crippen molar-refractivity contribution >= 4 is 11.9 Å². The molecule has 0 aromatic heterocycles. The minimum Gasteiger partial charge on any atom is -0.481 e. The highest BCUT2D eigenvalue weighted by molar-refractivity contribution is 5.95. The first kappa shape index (κ1) is 14.6. The summed E-state index contributed by atoms with van der Waals surface area (Å²) in [6, 6.07) is 3.27. The van der Waals surface area contributed by atoms with Gasteiger partial charge in [0, 0.05) is 5.56 Å². The van der Waals surface area contributed by atoms with Crippen LogP contribution in [0.1, 0.15) is 21.5 Å². The number of rotatable bonds is 5. The molecule has 0 unspecified atom stereocenters. The Balaban J connectivity index is 2.93. The molecule has 0 saturated carbocycles. The van der Waals surface area contributed by atoms with Gasteiger partial charge in [-0.15, -0.1) is 6.42 Å². The minimum atomic E-state index is -1.05. The van der Waals surface area contributed by atoms with Crippen molar-refractivity contribution in [3.8, 4) is 18.1 Å². The van der Waals surface area contributed by atoms with E-state index in [9.17, 15) is 9.59 Å². The molecule has 0 bridgehead atoms. The number of nitrogens with one attached hydrogen (secondary N) is 1. The topological polar surface area (TPSA) is 75.6 Å². The largest absolute Gasteiger partial charge is 0.481 e. The molecule has 100 valence electrons. The van der Waals surface area contributed by atoms with Gasteiger partial charge >= 0.3 is 5.97 Å². The fourth-order valence-electron chi connectivity index (χ4n) is 1.68. The number of terminal acetylenes is 1. The second-order valence-corrected chi connectivity index (χ2v) is 4.01. The number of hydrogen-bond acceptors (Lipinski definition) is 3. The van der Waals surface area contributed by atoms with Crippen LogP contribution in [-0.2, 0) is 4.79 Å². The van der Waals surface area contributed by atoms with Gasteiger partial charge in [0.25, 0.3) is 5.91 Å². The van der Waals surface area contributed by atoms with Gasteiger partial charge < -0.3 is 15.2 Å². The predicted molar refractivity (Wildman–Crippen MR) is 70.2 cm³/mol. The van der Waals surface area contributed by atoms with E-state index in [2.05, 4.69) is 11.2 Å². The molecule has 1 aromatic carbocycles. The number of hydrogen-bond donors (Lipinski definition) is 2. The highest BCUT2D eigenvalue weighted by atomic mass is 16.5. The molecule has 0 radical (unpaired) electrons. The second-order valence-electron chi connectivity index (χ2n) is 4.01. The molecule has 5 nitrogen and oxygen atoms in total. The average molecular weight is 261 g/mol. The molecule has 0 aliphatic heterocycles. The van der Waals surface area contributed by atoms with Gasteiger partial charge in [0.15, 0.2) is 6.61 Å². The predicted octanol–water partition coefficient (Wildman–Crippen LogP) is 1.13. The Morgan fingerprint density at radius 1 is 1.37 bits per heavy atom. The molecule has 5 heteroatoms. The summed E-state index contributed by atoms with van der Waals surface area (Å²) in [7, 11) is 0. The van der Waals surface area contributed by atoms with Crippen LogP contribution in [0.15, 0.2) is 12.1 Å². The smallest absolute Gasteiger partial charge is 0.341 e. The van der Waals surface area contributed by atoms with Gasteiger partial charge in [-0.05, 0) is 37.1 Å². The van der Waals surface area contributed by atoms with Crippen molar-refractivity contribution in [1.29, 1.82) is 0 Å². The highest BCUT2D eigenvalue weighted by Gasteiger charge is 2.12. The number of carboxylic acid groups (broad SMARTS) is 1. The Morgan fingerprint density at radius 3 is 2.42 bits per heavy atom. The van der Waals surface area contributed by atoms with E-state index >= 15 is 0 Å². The zero-order valence-corrected chi connectivity index (χ0v) is 10.8. The summed E-state index contributed by atoms with van der Waals surface area (Å²) in [5, 5.41) is 11.2. The molecule has 1 rings (SSSR count). The molecule has 19 heavy (non-hydrogen) atoms. The summed E-state index contributed by atoms with van der Waals surface area (Å²) >= 11 is 0. The van der Waals surface area contributed by atoms with E-state index in [1.807, 2.05) is 0 Å². The first-order valence-corrected chi connectivity index (χ1v) is 5.63. The van der Waals surface area contributed by atoms with Gasteiger partial charge in [0.1, 0.15) is 5.75 Å². The maximum absolute atomic E-state index is 11.7. The third kappa shape index (κ3) is 4.03. The van der Waals surface area contributed by atoms with Crippen molar-refractivity contribution in [2.45, 2.75) is 13.8 Å². The van der Waals surface area contributed by atoms with E-state index in [4.69, 9.17) is 16.3 Å². The summed E-state index contributed by atoms with van der Waals surface area (Å²) in [5.74, 6) is 1.49. The molecule has 0 spiro atoms. The number of carbonyl (C=O) groups is 2. The van der Waals surface area contributed by atoms with E-state index in [-0.39, 0.29) is 12.5 Å². The van der Waals surface area contributed by atoms with E-state index in [1.54, 1.807) is 26.0 Å². The van der Waals surface area contributed by atoms with Crippen LogP contribution < -0.4 is 10.1 Å². The SMILES string of the molecule is C#CCNC(=O)c1cc(C)c(OCC(=O)O)c(C)c1. The summed E-state index contributed by atoms with van der Waals surface area (Å²) < 4.78 is 5.18. The lowest BCUT2D eigenvalue weighted by Crippen LogP contribution is -2.23. The lowest BCUT2D eigenvalue weighted by atomic mass is 10.1. The van der Waals surface area contributed by atoms with Crippen molar-refractivity contribution in [2.75, 3.05) is 13.2 Å². The maximum Gasteiger partial charge on any atom is 0.341 e. The van der Waals surface area contributed by atoms with Crippen LogP contribution in [0.2, 0.25) is 0 Å². The Morgan fingerprint density at radius 2 is 1.95 bits per heavy atom. The lowest BCUT2D eigenvalue weighted by molar-refractivity contribution is -0.139. The second kappa shape index (κ2) is 6.45. The van der Waals surface area contributed by atoms with Gasteiger partial charge in [0.05, 0.1) is 6.54 Å². The molecule has 0 fully saturated rings. The molecule has 0 aliphatic rings. The summed E-state index contributed by atoms with van der Waals surface area (Å²) in [4.78, 5) is 22.2. The Hall–Kier alpha value is -2.48. The number of ether oxygens (including phenoxy) is 1. The molecule has 0 aliphatic carbocycles. The molecule has 0 atom stereocenters. The zero-order valence-electron chi connectivity index (χ0n) is 10.8. The molecule has 0 heterocycles. The summed E-state index contributed by atoms with van der Waals surface area (Å²) in [5.41, 5.74) is 1.87. The first-order chi connectivity index (χ1) is 8.95. The van der Waals surface area contributed by atoms with Gasteiger partial charge in [0.2, 0.25) is 0 Å². The third-order valence-corrected chi connectivity index (χ3v) is 2.41.